The van der Waals surface area contributed by atoms with Gasteiger partial charge in [0.1, 0.15) is 12.3 Å². The molecule has 12 heteroatoms. The first-order valence-corrected chi connectivity index (χ1v) is 11.9. The lowest BCUT2D eigenvalue weighted by Crippen LogP contribution is -2.40. The van der Waals surface area contributed by atoms with Crippen LogP contribution in [-0.2, 0) is 0 Å². The number of methoxy groups -OCH3 is 1. The zero-order valence-electron chi connectivity index (χ0n) is 21.7. The van der Waals surface area contributed by atoms with Gasteiger partial charge in [-0.25, -0.2) is 4.52 Å². The van der Waals surface area contributed by atoms with E-state index in [9.17, 15) is 22.8 Å². The van der Waals surface area contributed by atoms with Gasteiger partial charge in [-0.05, 0) is 68.8 Å². The van der Waals surface area contributed by atoms with Gasteiger partial charge in [-0.15, -0.1) is 5.10 Å². The van der Waals surface area contributed by atoms with Gasteiger partial charge in [-0.1, -0.05) is 12.1 Å². The van der Waals surface area contributed by atoms with E-state index in [1.807, 2.05) is 32.2 Å². The van der Waals surface area contributed by atoms with Crippen molar-refractivity contribution in [1.82, 2.24) is 25.2 Å². The number of fused-ring (bicyclic) bond motifs is 1. The van der Waals surface area contributed by atoms with Crippen molar-refractivity contribution in [2.45, 2.75) is 32.5 Å². The zero-order valence-corrected chi connectivity index (χ0v) is 21.7. The van der Waals surface area contributed by atoms with Crippen LogP contribution in [-0.4, -0.2) is 51.8 Å². The summed E-state index contributed by atoms with van der Waals surface area (Å²) in [6.45, 7) is 4.30. The van der Waals surface area contributed by atoms with Crippen LogP contribution in [0.15, 0.2) is 60.8 Å². The summed E-state index contributed by atoms with van der Waals surface area (Å²) in [6, 6.07) is 14.8. The molecule has 39 heavy (non-hydrogen) atoms. The van der Waals surface area contributed by atoms with Crippen LogP contribution in [0.2, 0.25) is 0 Å². The zero-order chi connectivity index (χ0) is 28.4. The molecule has 0 spiro atoms. The summed E-state index contributed by atoms with van der Waals surface area (Å²) >= 11 is 0. The third-order valence-electron chi connectivity index (χ3n) is 5.46. The summed E-state index contributed by atoms with van der Waals surface area (Å²) < 4.78 is 44.1. The molecular formula is C27H27F3N6O3. The van der Waals surface area contributed by atoms with E-state index < -0.39 is 18.6 Å². The van der Waals surface area contributed by atoms with Crippen molar-refractivity contribution >= 4 is 29.1 Å². The summed E-state index contributed by atoms with van der Waals surface area (Å²) in [5.41, 5.74) is 2.81. The number of nitrogens with zero attached hydrogens (tertiary/aromatic N) is 3. The van der Waals surface area contributed by atoms with E-state index in [1.54, 1.807) is 47.1 Å². The number of carbonyl (C=O) groups is 2. The molecule has 4 aromatic rings. The molecule has 0 unspecified atom stereocenters. The predicted molar refractivity (Wildman–Crippen MR) is 140 cm³/mol. The molecule has 2 aromatic carbocycles. The second-order valence-electron chi connectivity index (χ2n) is 9.78. The number of anilines is 2. The molecule has 204 valence electrons. The first-order valence-electron chi connectivity index (χ1n) is 11.9. The summed E-state index contributed by atoms with van der Waals surface area (Å²) in [7, 11) is 1.50. The Labute approximate surface area is 222 Å². The van der Waals surface area contributed by atoms with Crippen LogP contribution in [0.3, 0.4) is 0 Å². The van der Waals surface area contributed by atoms with Crippen molar-refractivity contribution in [3.63, 3.8) is 0 Å². The standard InChI is InChI=1S/C27H27F3N6O3/c1-26(2,3)34-24(38)18-9-11-20(21(13-18)39-4)32-25-33-22-12-10-19(14-36(22)35-25)16-5-7-17(8-6-16)23(37)31-15-27(28,29)30/h5-14H,15H2,1-4H3,(H,31,37)(H,32,35)(H,34,38). The largest absolute Gasteiger partial charge is 0.495 e. The minimum Gasteiger partial charge on any atom is -0.495 e. The quantitative estimate of drug-likeness (QED) is 0.306. The molecule has 0 bridgehead atoms. The van der Waals surface area contributed by atoms with E-state index in [2.05, 4.69) is 20.7 Å². The summed E-state index contributed by atoms with van der Waals surface area (Å²) in [4.78, 5) is 28.9. The molecule has 0 saturated carbocycles. The van der Waals surface area contributed by atoms with Crippen LogP contribution in [0.4, 0.5) is 24.8 Å². The highest BCUT2D eigenvalue weighted by atomic mass is 19.4. The Kier molecular flexibility index (Phi) is 7.48. The van der Waals surface area contributed by atoms with Crippen LogP contribution in [0.1, 0.15) is 41.5 Å². The Bertz CT molecular complexity index is 1510. The normalized spacial score (nSPS) is 11.8. The molecule has 0 fully saturated rings. The summed E-state index contributed by atoms with van der Waals surface area (Å²) in [5.74, 6) is -0.287. The first kappa shape index (κ1) is 27.4. The van der Waals surface area contributed by atoms with Crippen molar-refractivity contribution in [2.75, 3.05) is 19.0 Å². The topological polar surface area (TPSA) is 110 Å². The van der Waals surface area contributed by atoms with E-state index in [1.165, 1.54) is 19.2 Å². The van der Waals surface area contributed by atoms with Gasteiger partial charge in [0.05, 0.1) is 12.8 Å². The number of amides is 2. The Hall–Kier alpha value is -4.61. The average molecular weight is 541 g/mol. The Morgan fingerprint density at radius 3 is 2.23 bits per heavy atom. The number of ether oxygens (including phenoxy) is 1. The fraction of sp³-hybridized carbons (Fsp3) is 0.259. The lowest BCUT2D eigenvalue weighted by Gasteiger charge is -2.21. The maximum Gasteiger partial charge on any atom is 0.405 e. The number of carbonyl (C=O) groups excluding carboxylic acids is 2. The van der Waals surface area contributed by atoms with Gasteiger partial charge >= 0.3 is 6.18 Å². The van der Waals surface area contributed by atoms with E-state index in [0.29, 0.717) is 28.6 Å². The molecule has 3 N–H and O–H groups in total. The van der Waals surface area contributed by atoms with Gasteiger partial charge in [-0.3, -0.25) is 9.59 Å². The molecule has 2 amide bonds. The number of hydrogen-bond acceptors (Lipinski definition) is 6. The third-order valence-corrected chi connectivity index (χ3v) is 5.46. The van der Waals surface area contributed by atoms with Gasteiger partial charge < -0.3 is 20.7 Å². The minimum absolute atomic E-state index is 0.118. The van der Waals surface area contributed by atoms with Crippen LogP contribution in [0.25, 0.3) is 16.8 Å². The maximum atomic E-state index is 12.5. The molecule has 2 aromatic heterocycles. The number of benzene rings is 2. The van der Waals surface area contributed by atoms with Crippen LogP contribution in [0.5, 0.6) is 5.75 Å². The van der Waals surface area contributed by atoms with Crippen molar-refractivity contribution in [3.05, 3.63) is 71.9 Å². The second kappa shape index (κ2) is 10.6. The van der Waals surface area contributed by atoms with Gasteiger partial charge in [0.25, 0.3) is 11.8 Å². The third kappa shape index (κ3) is 7.03. The van der Waals surface area contributed by atoms with E-state index in [0.717, 1.165) is 11.1 Å². The van der Waals surface area contributed by atoms with Crippen molar-refractivity contribution in [2.24, 2.45) is 0 Å². The average Bonchev–Trinajstić information content (AvgIpc) is 3.27. The highest BCUT2D eigenvalue weighted by molar-refractivity contribution is 5.96. The number of nitrogens with one attached hydrogen (secondary N) is 3. The Balaban J connectivity index is 1.50. The molecule has 0 aliphatic carbocycles. The Morgan fingerprint density at radius 2 is 1.59 bits per heavy atom. The molecule has 0 saturated heterocycles. The number of pyridine rings is 1. The van der Waals surface area contributed by atoms with Gasteiger partial charge in [-0.2, -0.15) is 18.2 Å². The molecule has 0 aliphatic rings. The fourth-order valence-corrected chi connectivity index (χ4v) is 3.67. The molecule has 0 aliphatic heterocycles. The van der Waals surface area contributed by atoms with Gasteiger partial charge in [0, 0.05) is 28.4 Å². The minimum atomic E-state index is -4.48. The highest BCUT2D eigenvalue weighted by Gasteiger charge is 2.28. The lowest BCUT2D eigenvalue weighted by atomic mass is 10.1. The van der Waals surface area contributed by atoms with E-state index in [-0.39, 0.29) is 17.0 Å². The predicted octanol–water partition coefficient (Wildman–Crippen LogP) is 4.97. The van der Waals surface area contributed by atoms with Crippen LogP contribution < -0.4 is 20.7 Å². The van der Waals surface area contributed by atoms with Gasteiger partial charge in [0.2, 0.25) is 5.95 Å². The van der Waals surface area contributed by atoms with Crippen molar-refractivity contribution in [3.8, 4) is 16.9 Å². The number of rotatable bonds is 7. The van der Waals surface area contributed by atoms with Crippen LogP contribution in [0, 0.1) is 0 Å². The first-order chi connectivity index (χ1) is 18.3. The molecule has 9 nitrogen and oxygen atoms in total. The molecule has 2 heterocycles. The molecule has 0 atom stereocenters. The fourth-order valence-electron chi connectivity index (χ4n) is 3.67. The smallest absolute Gasteiger partial charge is 0.405 e. The van der Waals surface area contributed by atoms with Crippen molar-refractivity contribution in [1.29, 1.82) is 0 Å². The number of hydrogen-bond donors (Lipinski definition) is 3. The number of halogens is 3. The highest BCUT2D eigenvalue weighted by Crippen LogP contribution is 2.29. The molecule has 0 radical (unpaired) electrons. The summed E-state index contributed by atoms with van der Waals surface area (Å²) in [6.07, 6.45) is -2.74. The van der Waals surface area contributed by atoms with E-state index in [4.69, 9.17) is 4.74 Å². The second-order valence-corrected chi connectivity index (χ2v) is 9.78. The monoisotopic (exact) mass is 540 g/mol. The van der Waals surface area contributed by atoms with Crippen molar-refractivity contribution < 1.29 is 27.5 Å². The summed E-state index contributed by atoms with van der Waals surface area (Å²) in [5, 5.41) is 12.3. The Morgan fingerprint density at radius 1 is 0.923 bits per heavy atom. The number of aromatic nitrogens is 3. The lowest BCUT2D eigenvalue weighted by molar-refractivity contribution is -0.123. The SMILES string of the molecule is COc1cc(C(=O)NC(C)(C)C)ccc1Nc1nc2ccc(-c3ccc(C(=O)NCC(F)(F)F)cc3)cn2n1. The van der Waals surface area contributed by atoms with Gasteiger partial charge in [0.15, 0.2) is 5.65 Å². The van der Waals surface area contributed by atoms with E-state index >= 15 is 0 Å². The van der Waals surface area contributed by atoms with Crippen LogP contribution >= 0.6 is 0 Å². The number of alkyl halides is 3. The molecular weight excluding hydrogens is 513 g/mol. The molecule has 4 rings (SSSR count). The maximum absolute atomic E-state index is 12.5.